The van der Waals surface area contributed by atoms with Crippen molar-refractivity contribution in [2.45, 2.75) is 19.8 Å². The molecule has 1 heterocycles. The molecule has 1 saturated heterocycles. The second kappa shape index (κ2) is 13.6. The predicted octanol–water partition coefficient (Wildman–Crippen LogP) is 1.02. The van der Waals surface area contributed by atoms with Crippen LogP contribution in [0.25, 0.3) is 0 Å². The lowest BCUT2D eigenvalue weighted by Crippen LogP contribution is -2.38. The number of carbonyl (C=O) groups is 3. The van der Waals surface area contributed by atoms with Crippen LogP contribution in [0, 0.1) is 0 Å². The van der Waals surface area contributed by atoms with Crippen LogP contribution in [0.3, 0.4) is 0 Å². The van der Waals surface area contributed by atoms with E-state index >= 15 is 0 Å². The monoisotopic (exact) mass is 483 g/mol. The molecule has 0 spiro atoms. The van der Waals surface area contributed by atoms with Gasteiger partial charge in [0, 0.05) is 37.5 Å². The van der Waals surface area contributed by atoms with Crippen LogP contribution in [-0.4, -0.2) is 81.9 Å². The number of nitrogens with zero attached hydrogens (tertiary/aromatic N) is 2. The van der Waals surface area contributed by atoms with Crippen LogP contribution in [-0.2, 0) is 19.1 Å². The molecule has 0 bridgehead atoms. The van der Waals surface area contributed by atoms with Crippen molar-refractivity contribution in [2.24, 2.45) is 5.10 Å². The van der Waals surface area contributed by atoms with Gasteiger partial charge < -0.3 is 24.8 Å². The SMILES string of the molecule is COc1cc(NC(=O)C(=O)N/N=C(\C)CC(=O)NCCCN2CCOCC2)c(OC)cc1Cl. The van der Waals surface area contributed by atoms with Gasteiger partial charge in [0.05, 0.1) is 44.6 Å². The molecule has 33 heavy (non-hydrogen) atoms. The third kappa shape index (κ3) is 8.87. The van der Waals surface area contributed by atoms with E-state index < -0.39 is 11.8 Å². The molecule has 0 aliphatic carbocycles. The van der Waals surface area contributed by atoms with Crippen LogP contribution >= 0.6 is 11.6 Å². The maximum atomic E-state index is 12.2. The van der Waals surface area contributed by atoms with Gasteiger partial charge in [0.2, 0.25) is 5.91 Å². The number of hydrogen-bond donors (Lipinski definition) is 3. The number of benzene rings is 1. The summed E-state index contributed by atoms with van der Waals surface area (Å²) in [5.41, 5.74) is 2.69. The van der Waals surface area contributed by atoms with Crippen LogP contribution < -0.4 is 25.5 Å². The highest BCUT2D eigenvalue weighted by Gasteiger charge is 2.18. The Morgan fingerprint density at radius 2 is 1.82 bits per heavy atom. The number of nitrogens with one attached hydrogen (secondary N) is 3. The molecule has 2 rings (SSSR count). The summed E-state index contributed by atoms with van der Waals surface area (Å²) < 4.78 is 15.6. The highest BCUT2D eigenvalue weighted by atomic mass is 35.5. The molecule has 1 aliphatic heterocycles. The summed E-state index contributed by atoms with van der Waals surface area (Å²) in [7, 11) is 2.82. The fraction of sp³-hybridized carbons (Fsp3) is 0.524. The van der Waals surface area contributed by atoms with Crippen molar-refractivity contribution in [1.29, 1.82) is 0 Å². The number of hydrazone groups is 1. The molecule has 182 valence electrons. The zero-order valence-electron chi connectivity index (χ0n) is 19.0. The number of anilines is 1. The van der Waals surface area contributed by atoms with Gasteiger partial charge in [-0.1, -0.05) is 11.6 Å². The number of halogens is 1. The third-order valence-corrected chi connectivity index (χ3v) is 5.07. The normalized spacial score (nSPS) is 14.4. The lowest BCUT2D eigenvalue weighted by molar-refractivity contribution is -0.136. The first-order chi connectivity index (χ1) is 15.8. The van der Waals surface area contributed by atoms with E-state index in [4.69, 9.17) is 25.8 Å². The number of methoxy groups -OCH3 is 2. The van der Waals surface area contributed by atoms with Gasteiger partial charge in [-0.05, 0) is 19.9 Å². The van der Waals surface area contributed by atoms with Gasteiger partial charge in [-0.3, -0.25) is 19.3 Å². The lowest BCUT2D eigenvalue weighted by Gasteiger charge is -2.26. The van der Waals surface area contributed by atoms with Gasteiger partial charge in [0.15, 0.2) is 0 Å². The molecule has 1 aromatic carbocycles. The Hall–Kier alpha value is -2.89. The highest BCUT2D eigenvalue weighted by Crippen LogP contribution is 2.35. The number of carbonyl (C=O) groups excluding carboxylic acids is 3. The molecule has 1 aromatic rings. The van der Waals surface area contributed by atoms with E-state index in [0.29, 0.717) is 18.0 Å². The Kier molecular flexibility index (Phi) is 10.9. The fourth-order valence-corrected chi connectivity index (χ4v) is 3.25. The zero-order valence-corrected chi connectivity index (χ0v) is 19.8. The second-order valence-electron chi connectivity index (χ2n) is 7.26. The zero-order chi connectivity index (χ0) is 24.2. The molecule has 0 atom stereocenters. The van der Waals surface area contributed by atoms with Crippen LogP contribution in [0.5, 0.6) is 11.5 Å². The largest absolute Gasteiger partial charge is 0.495 e. The van der Waals surface area contributed by atoms with Crippen molar-refractivity contribution >= 4 is 40.7 Å². The van der Waals surface area contributed by atoms with Crippen molar-refractivity contribution in [2.75, 3.05) is 58.9 Å². The van der Waals surface area contributed by atoms with E-state index in [9.17, 15) is 14.4 Å². The summed E-state index contributed by atoms with van der Waals surface area (Å²) in [5, 5.41) is 9.34. The Bertz CT molecular complexity index is 873. The molecule has 0 unspecified atom stereocenters. The maximum Gasteiger partial charge on any atom is 0.329 e. The molecule has 3 N–H and O–H groups in total. The van der Waals surface area contributed by atoms with Crippen molar-refractivity contribution in [3.63, 3.8) is 0 Å². The molecule has 0 radical (unpaired) electrons. The number of morpholine rings is 1. The molecule has 0 aromatic heterocycles. The number of amides is 3. The summed E-state index contributed by atoms with van der Waals surface area (Å²) in [5.74, 6) is -1.63. The van der Waals surface area contributed by atoms with Crippen LogP contribution in [0.1, 0.15) is 19.8 Å². The first-order valence-electron chi connectivity index (χ1n) is 10.5. The summed E-state index contributed by atoms with van der Waals surface area (Å²) in [4.78, 5) is 38.6. The van der Waals surface area contributed by atoms with Crippen molar-refractivity contribution in [3.05, 3.63) is 17.2 Å². The minimum Gasteiger partial charge on any atom is -0.495 e. The van der Waals surface area contributed by atoms with Gasteiger partial charge in [0.1, 0.15) is 11.5 Å². The van der Waals surface area contributed by atoms with Gasteiger partial charge in [-0.15, -0.1) is 0 Å². The van der Waals surface area contributed by atoms with E-state index in [1.165, 1.54) is 26.4 Å². The molecule has 1 aliphatic rings. The minimum atomic E-state index is -1.00. The average molecular weight is 484 g/mol. The van der Waals surface area contributed by atoms with Gasteiger partial charge in [-0.25, -0.2) is 5.43 Å². The number of hydrogen-bond acceptors (Lipinski definition) is 8. The van der Waals surface area contributed by atoms with Gasteiger partial charge >= 0.3 is 11.8 Å². The Morgan fingerprint density at radius 3 is 2.48 bits per heavy atom. The van der Waals surface area contributed by atoms with Crippen LogP contribution in [0.15, 0.2) is 17.2 Å². The Morgan fingerprint density at radius 1 is 1.12 bits per heavy atom. The molecule has 3 amide bonds. The minimum absolute atomic E-state index is 0.00165. The highest BCUT2D eigenvalue weighted by molar-refractivity contribution is 6.40. The average Bonchev–Trinajstić information content (AvgIpc) is 2.81. The van der Waals surface area contributed by atoms with Crippen LogP contribution in [0.4, 0.5) is 5.69 Å². The fourth-order valence-electron chi connectivity index (χ4n) is 3.02. The van der Waals surface area contributed by atoms with E-state index in [0.717, 1.165) is 39.3 Å². The number of rotatable bonds is 10. The van der Waals surface area contributed by atoms with E-state index in [-0.39, 0.29) is 28.8 Å². The molecule has 11 nitrogen and oxygen atoms in total. The van der Waals surface area contributed by atoms with Crippen molar-refractivity contribution < 1.29 is 28.6 Å². The topological polar surface area (TPSA) is 131 Å². The third-order valence-electron chi connectivity index (χ3n) is 4.77. The van der Waals surface area contributed by atoms with E-state index in [2.05, 4.69) is 26.1 Å². The molecule has 0 saturated carbocycles. The van der Waals surface area contributed by atoms with Gasteiger partial charge in [0.25, 0.3) is 0 Å². The van der Waals surface area contributed by atoms with Crippen LogP contribution in [0.2, 0.25) is 5.02 Å². The smallest absolute Gasteiger partial charge is 0.329 e. The Balaban J connectivity index is 1.75. The van der Waals surface area contributed by atoms with E-state index in [1.807, 2.05) is 0 Å². The van der Waals surface area contributed by atoms with Crippen molar-refractivity contribution in [3.8, 4) is 11.5 Å². The summed E-state index contributed by atoms with van der Waals surface area (Å²) >= 11 is 6.03. The molecule has 12 heteroatoms. The molecular formula is C21H30ClN5O6. The quantitative estimate of drug-likeness (QED) is 0.196. The molecular weight excluding hydrogens is 454 g/mol. The van der Waals surface area contributed by atoms with E-state index in [1.54, 1.807) is 6.92 Å². The Labute approximate surface area is 197 Å². The molecule has 1 fully saturated rings. The standard InChI is InChI=1S/C21H30ClN5O6/c1-14(11-19(28)23-5-4-6-27-7-9-33-10-8-27)25-26-21(30)20(29)24-16-13-17(31-2)15(22)12-18(16)32-3/h12-13H,4-11H2,1-3H3,(H,23,28)(H,24,29)(H,26,30)/b25-14+. The summed E-state index contributed by atoms with van der Waals surface area (Å²) in [6.45, 7) is 6.33. The predicted molar refractivity (Wildman–Crippen MR) is 124 cm³/mol. The summed E-state index contributed by atoms with van der Waals surface area (Å²) in [6, 6.07) is 2.89. The first-order valence-corrected chi connectivity index (χ1v) is 10.8. The maximum absolute atomic E-state index is 12.2. The number of ether oxygens (including phenoxy) is 3. The lowest BCUT2D eigenvalue weighted by atomic mass is 10.2. The van der Waals surface area contributed by atoms with Crippen molar-refractivity contribution in [1.82, 2.24) is 15.6 Å². The second-order valence-corrected chi connectivity index (χ2v) is 7.67. The first kappa shape index (κ1) is 26.4. The summed E-state index contributed by atoms with van der Waals surface area (Å²) in [6.07, 6.45) is 0.833. The van der Waals surface area contributed by atoms with Gasteiger partial charge in [-0.2, -0.15) is 5.10 Å².